The lowest BCUT2D eigenvalue weighted by Crippen LogP contribution is -1.86. The summed E-state index contributed by atoms with van der Waals surface area (Å²) in [6.07, 6.45) is 0. The molecule has 0 aromatic heterocycles. The molecule has 0 aliphatic heterocycles. The molecule has 0 heterocycles. The van der Waals surface area contributed by atoms with E-state index in [4.69, 9.17) is 23.2 Å². The monoisotopic (exact) mass is 332 g/mol. The van der Waals surface area contributed by atoms with Crippen molar-refractivity contribution in [3.63, 3.8) is 0 Å². The maximum atomic E-state index is 13.4. The van der Waals surface area contributed by atoms with Crippen LogP contribution < -0.4 is 0 Å². The molecule has 0 saturated heterocycles. The zero-order valence-electron chi connectivity index (χ0n) is 8.68. The molecule has 0 aliphatic carbocycles. The fourth-order valence-electron chi connectivity index (χ4n) is 1.61. The first-order chi connectivity index (χ1) is 8.11. The Hall–Kier alpha value is -0.570. The molecular formula is C13H8BrCl2F. The van der Waals surface area contributed by atoms with Gasteiger partial charge in [0.15, 0.2) is 0 Å². The lowest BCUT2D eigenvalue weighted by Gasteiger charge is -2.08. The van der Waals surface area contributed by atoms with E-state index in [1.165, 1.54) is 12.1 Å². The van der Waals surface area contributed by atoms with Gasteiger partial charge in [-0.1, -0.05) is 57.3 Å². The molecule has 4 heteroatoms. The molecule has 0 amide bonds. The van der Waals surface area contributed by atoms with Crippen LogP contribution in [0.25, 0.3) is 11.1 Å². The molecule has 0 aliphatic rings. The van der Waals surface area contributed by atoms with Gasteiger partial charge in [-0.3, -0.25) is 0 Å². The van der Waals surface area contributed by atoms with Gasteiger partial charge >= 0.3 is 0 Å². The van der Waals surface area contributed by atoms with E-state index < -0.39 is 0 Å². The summed E-state index contributed by atoms with van der Waals surface area (Å²) in [5, 5.41) is 1.50. The minimum atomic E-state index is -0.284. The minimum absolute atomic E-state index is 0.284. The van der Waals surface area contributed by atoms with Gasteiger partial charge in [0, 0.05) is 10.9 Å². The summed E-state index contributed by atoms with van der Waals surface area (Å²) in [7, 11) is 0. The van der Waals surface area contributed by atoms with Gasteiger partial charge < -0.3 is 0 Å². The Morgan fingerprint density at radius 3 is 2.59 bits per heavy atom. The maximum absolute atomic E-state index is 13.4. The van der Waals surface area contributed by atoms with Crippen LogP contribution in [0.3, 0.4) is 0 Å². The highest BCUT2D eigenvalue weighted by Gasteiger charge is 2.08. The zero-order chi connectivity index (χ0) is 12.4. The topological polar surface area (TPSA) is 0 Å². The number of hydrogen-bond acceptors (Lipinski definition) is 0. The van der Waals surface area contributed by atoms with Crippen molar-refractivity contribution in [2.24, 2.45) is 0 Å². The Kier molecular flexibility index (Phi) is 4.08. The molecule has 0 unspecified atom stereocenters. The van der Waals surface area contributed by atoms with Gasteiger partial charge in [-0.05, 0) is 29.3 Å². The third kappa shape index (κ3) is 2.82. The summed E-state index contributed by atoms with van der Waals surface area (Å²) in [5.41, 5.74) is 2.32. The van der Waals surface area contributed by atoms with Crippen molar-refractivity contribution in [3.05, 3.63) is 57.8 Å². The number of hydrogen-bond donors (Lipinski definition) is 0. The smallest absolute Gasteiger partial charge is 0.124 e. The second-order valence-electron chi connectivity index (χ2n) is 3.58. The minimum Gasteiger partial charge on any atom is -0.207 e. The third-order valence-electron chi connectivity index (χ3n) is 2.37. The molecule has 0 radical (unpaired) electrons. The Labute approximate surface area is 117 Å². The molecule has 0 fully saturated rings. The fraction of sp³-hybridized carbons (Fsp3) is 0.0769. The van der Waals surface area contributed by atoms with Gasteiger partial charge in [-0.15, -0.1) is 0 Å². The highest BCUT2D eigenvalue weighted by Crippen LogP contribution is 2.34. The summed E-state index contributed by atoms with van der Waals surface area (Å²) in [6, 6.07) is 10.1. The van der Waals surface area contributed by atoms with Crippen molar-refractivity contribution in [1.82, 2.24) is 0 Å². The van der Waals surface area contributed by atoms with E-state index in [1.54, 1.807) is 12.1 Å². The molecule has 0 saturated carbocycles. The molecule has 17 heavy (non-hydrogen) atoms. The van der Waals surface area contributed by atoms with Crippen LogP contribution in [0, 0.1) is 5.82 Å². The first-order valence-electron chi connectivity index (χ1n) is 4.91. The summed E-state index contributed by atoms with van der Waals surface area (Å²) in [4.78, 5) is 0. The van der Waals surface area contributed by atoms with E-state index in [0.717, 1.165) is 16.7 Å². The highest BCUT2D eigenvalue weighted by molar-refractivity contribution is 9.08. The molecule has 0 spiro atoms. The lowest BCUT2D eigenvalue weighted by molar-refractivity contribution is 0.627. The standard InChI is InChI=1S/C13H8BrCl2F/c14-7-8-4-9(6-10(17)5-8)11-2-1-3-12(15)13(11)16/h1-6H,7H2. The van der Waals surface area contributed by atoms with Crippen LogP contribution in [0.4, 0.5) is 4.39 Å². The van der Waals surface area contributed by atoms with E-state index in [0.29, 0.717) is 15.4 Å². The predicted octanol–water partition coefficient (Wildman–Crippen LogP) is 5.69. The molecule has 2 aromatic carbocycles. The predicted molar refractivity (Wildman–Crippen MR) is 74.5 cm³/mol. The second-order valence-corrected chi connectivity index (χ2v) is 4.93. The number of halogens is 4. The number of rotatable bonds is 2. The average Bonchev–Trinajstić information content (AvgIpc) is 2.31. The van der Waals surface area contributed by atoms with E-state index in [1.807, 2.05) is 12.1 Å². The average molecular weight is 334 g/mol. The van der Waals surface area contributed by atoms with Crippen molar-refractivity contribution in [3.8, 4) is 11.1 Å². The molecule has 2 rings (SSSR count). The van der Waals surface area contributed by atoms with Gasteiger partial charge in [0.1, 0.15) is 5.82 Å². The molecule has 0 atom stereocenters. The summed E-state index contributed by atoms with van der Waals surface area (Å²) in [6.45, 7) is 0. The van der Waals surface area contributed by atoms with Crippen molar-refractivity contribution in [2.45, 2.75) is 5.33 Å². The van der Waals surface area contributed by atoms with Crippen LogP contribution >= 0.6 is 39.1 Å². The van der Waals surface area contributed by atoms with E-state index in [2.05, 4.69) is 15.9 Å². The first-order valence-corrected chi connectivity index (χ1v) is 6.79. The first kappa shape index (κ1) is 12.9. The Balaban J connectivity index is 2.60. The SMILES string of the molecule is Fc1cc(CBr)cc(-c2cccc(Cl)c2Cl)c1. The van der Waals surface area contributed by atoms with Gasteiger partial charge in [-0.2, -0.15) is 0 Å². The maximum Gasteiger partial charge on any atom is 0.124 e. The second kappa shape index (κ2) is 5.38. The zero-order valence-corrected chi connectivity index (χ0v) is 11.8. The normalized spacial score (nSPS) is 10.6. The van der Waals surface area contributed by atoms with Crippen LogP contribution in [0.2, 0.25) is 10.0 Å². The highest BCUT2D eigenvalue weighted by atomic mass is 79.9. The van der Waals surface area contributed by atoms with Crippen LogP contribution in [0.15, 0.2) is 36.4 Å². The van der Waals surface area contributed by atoms with Crippen LogP contribution in [-0.2, 0) is 5.33 Å². The molecule has 88 valence electrons. The number of alkyl halides is 1. The van der Waals surface area contributed by atoms with Gasteiger partial charge in [0.2, 0.25) is 0 Å². The molecular weight excluding hydrogens is 326 g/mol. The Morgan fingerprint density at radius 1 is 1.12 bits per heavy atom. The van der Waals surface area contributed by atoms with Gasteiger partial charge in [0.05, 0.1) is 10.0 Å². The summed E-state index contributed by atoms with van der Waals surface area (Å²) < 4.78 is 13.4. The van der Waals surface area contributed by atoms with Crippen molar-refractivity contribution in [1.29, 1.82) is 0 Å². The van der Waals surface area contributed by atoms with E-state index in [9.17, 15) is 4.39 Å². The van der Waals surface area contributed by atoms with Crippen molar-refractivity contribution >= 4 is 39.1 Å². The van der Waals surface area contributed by atoms with E-state index in [-0.39, 0.29) is 5.82 Å². The summed E-state index contributed by atoms with van der Waals surface area (Å²) >= 11 is 15.4. The molecule has 0 bridgehead atoms. The van der Waals surface area contributed by atoms with Crippen LogP contribution in [0.5, 0.6) is 0 Å². The third-order valence-corrected chi connectivity index (χ3v) is 3.84. The van der Waals surface area contributed by atoms with Crippen molar-refractivity contribution in [2.75, 3.05) is 0 Å². The Bertz CT molecular complexity index is 555. The molecule has 2 aromatic rings. The van der Waals surface area contributed by atoms with Crippen molar-refractivity contribution < 1.29 is 4.39 Å². The van der Waals surface area contributed by atoms with Crippen LogP contribution in [-0.4, -0.2) is 0 Å². The quantitative estimate of drug-likeness (QED) is 0.619. The van der Waals surface area contributed by atoms with Crippen LogP contribution in [0.1, 0.15) is 5.56 Å². The summed E-state index contributed by atoms with van der Waals surface area (Å²) in [5.74, 6) is -0.284. The fourth-order valence-corrected chi connectivity index (χ4v) is 2.34. The lowest BCUT2D eigenvalue weighted by atomic mass is 10.0. The Morgan fingerprint density at radius 2 is 1.88 bits per heavy atom. The van der Waals surface area contributed by atoms with Gasteiger partial charge in [-0.25, -0.2) is 4.39 Å². The molecule has 0 N–H and O–H groups in total. The largest absolute Gasteiger partial charge is 0.207 e. The number of benzene rings is 2. The van der Waals surface area contributed by atoms with Gasteiger partial charge in [0.25, 0.3) is 0 Å². The molecule has 0 nitrogen and oxygen atoms in total. The van der Waals surface area contributed by atoms with E-state index >= 15 is 0 Å².